The van der Waals surface area contributed by atoms with Crippen molar-refractivity contribution in [1.29, 1.82) is 0 Å². The number of carbonyl (C=O) groups excluding carboxylic acids is 2. The molecule has 0 unspecified atom stereocenters. The lowest BCUT2D eigenvalue weighted by atomic mass is 10.0. The number of benzene rings is 1. The van der Waals surface area contributed by atoms with Crippen LogP contribution in [-0.4, -0.2) is 53.6 Å². The van der Waals surface area contributed by atoms with E-state index in [1.54, 1.807) is 7.05 Å². The van der Waals surface area contributed by atoms with Crippen LogP contribution in [0, 0.1) is 0 Å². The number of nitrogens with one attached hydrogen (secondary N) is 1. The van der Waals surface area contributed by atoms with Crippen LogP contribution in [0.3, 0.4) is 0 Å². The number of likely N-dealkylation sites (tertiary alicyclic amines) is 1. The summed E-state index contributed by atoms with van der Waals surface area (Å²) in [7, 11) is 1.59. The Labute approximate surface area is 152 Å². The van der Waals surface area contributed by atoms with Crippen molar-refractivity contribution in [2.75, 3.05) is 20.1 Å². The largest absolute Gasteiger partial charge is 0.348 e. The van der Waals surface area contributed by atoms with Crippen molar-refractivity contribution in [2.45, 2.75) is 38.3 Å². The van der Waals surface area contributed by atoms with Crippen LogP contribution in [-0.2, 0) is 16.1 Å². The Bertz CT molecular complexity index is 666. The zero-order chi connectivity index (χ0) is 17.8. The Hall–Kier alpha value is -1.92. The first-order chi connectivity index (χ1) is 12.0. The number of hydrazone groups is 1. The summed E-state index contributed by atoms with van der Waals surface area (Å²) in [6.45, 7) is 2.79. The third-order valence-corrected chi connectivity index (χ3v) is 4.96. The van der Waals surface area contributed by atoms with Gasteiger partial charge in [-0.15, -0.1) is 0 Å². The molecule has 0 aliphatic carbocycles. The van der Waals surface area contributed by atoms with Crippen LogP contribution in [0.1, 0.15) is 31.2 Å². The van der Waals surface area contributed by atoms with E-state index >= 15 is 0 Å². The summed E-state index contributed by atoms with van der Waals surface area (Å²) in [5.41, 5.74) is 1.70. The van der Waals surface area contributed by atoms with Gasteiger partial charge in [-0.3, -0.25) is 14.5 Å². The maximum absolute atomic E-state index is 12.3. The monoisotopic (exact) mass is 362 g/mol. The van der Waals surface area contributed by atoms with E-state index in [-0.39, 0.29) is 17.9 Å². The average Bonchev–Trinajstić information content (AvgIpc) is 2.61. The first-order valence-electron chi connectivity index (χ1n) is 8.63. The second kappa shape index (κ2) is 7.97. The highest BCUT2D eigenvalue weighted by Gasteiger charge is 2.25. The van der Waals surface area contributed by atoms with Gasteiger partial charge < -0.3 is 5.32 Å². The standard InChI is InChI=1S/C18H23ClN4O2/c1-22-17(24)7-6-16(21-22)18(25)20-15-8-10-23(11-9-15)12-13-2-4-14(19)5-3-13/h2-5,15H,6-12H2,1H3,(H,20,25). The summed E-state index contributed by atoms with van der Waals surface area (Å²) in [6.07, 6.45) is 2.61. The Morgan fingerprint density at radius 3 is 2.56 bits per heavy atom. The summed E-state index contributed by atoms with van der Waals surface area (Å²) in [6, 6.07) is 8.09. The van der Waals surface area contributed by atoms with Crippen LogP contribution < -0.4 is 5.32 Å². The quantitative estimate of drug-likeness (QED) is 0.891. The molecule has 2 aliphatic heterocycles. The van der Waals surface area contributed by atoms with E-state index in [9.17, 15) is 9.59 Å². The van der Waals surface area contributed by atoms with E-state index in [1.165, 1.54) is 10.6 Å². The van der Waals surface area contributed by atoms with Crippen molar-refractivity contribution in [2.24, 2.45) is 5.10 Å². The fourth-order valence-electron chi connectivity index (χ4n) is 3.19. The van der Waals surface area contributed by atoms with Gasteiger partial charge in [0.25, 0.3) is 5.91 Å². The lowest BCUT2D eigenvalue weighted by molar-refractivity contribution is -0.130. The van der Waals surface area contributed by atoms with E-state index in [4.69, 9.17) is 11.6 Å². The topological polar surface area (TPSA) is 65.0 Å². The van der Waals surface area contributed by atoms with Gasteiger partial charge in [0.05, 0.1) is 0 Å². The molecule has 1 aromatic rings. The Balaban J connectivity index is 1.46. The van der Waals surface area contributed by atoms with E-state index < -0.39 is 0 Å². The number of hydrogen-bond acceptors (Lipinski definition) is 4. The van der Waals surface area contributed by atoms with Crippen LogP contribution >= 0.6 is 11.6 Å². The van der Waals surface area contributed by atoms with Crippen molar-refractivity contribution in [1.82, 2.24) is 15.2 Å². The number of carbonyl (C=O) groups is 2. The lowest BCUT2D eigenvalue weighted by Crippen LogP contribution is -2.47. The molecule has 2 amide bonds. The fourth-order valence-corrected chi connectivity index (χ4v) is 3.31. The fraction of sp³-hybridized carbons (Fsp3) is 0.500. The summed E-state index contributed by atoms with van der Waals surface area (Å²) >= 11 is 5.92. The Morgan fingerprint density at radius 1 is 1.24 bits per heavy atom. The van der Waals surface area contributed by atoms with Gasteiger partial charge in [0.2, 0.25) is 5.91 Å². The van der Waals surface area contributed by atoms with Gasteiger partial charge in [0.1, 0.15) is 5.71 Å². The SMILES string of the molecule is CN1N=C(C(=O)NC2CCN(Cc3ccc(Cl)cc3)CC2)CCC1=O. The van der Waals surface area contributed by atoms with Crippen LogP contribution in [0.5, 0.6) is 0 Å². The average molecular weight is 363 g/mol. The van der Waals surface area contributed by atoms with E-state index in [1.807, 2.05) is 12.1 Å². The molecule has 2 aliphatic rings. The van der Waals surface area contributed by atoms with Gasteiger partial charge in [-0.25, -0.2) is 5.01 Å². The first-order valence-corrected chi connectivity index (χ1v) is 9.01. The number of amides is 2. The smallest absolute Gasteiger partial charge is 0.267 e. The molecule has 1 N–H and O–H groups in total. The highest BCUT2D eigenvalue weighted by atomic mass is 35.5. The highest BCUT2D eigenvalue weighted by molar-refractivity contribution is 6.39. The molecular formula is C18H23ClN4O2. The van der Waals surface area contributed by atoms with Gasteiger partial charge in [0.15, 0.2) is 0 Å². The molecule has 0 saturated carbocycles. The van der Waals surface area contributed by atoms with Crippen molar-refractivity contribution in [3.05, 3.63) is 34.9 Å². The van der Waals surface area contributed by atoms with E-state index in [2.05, 4.69) is 27.5 Å². The number of nitrogens with zero attached hydrogens (tertiary/aromatic N) is 3. The van der Waals surface area contributed by atoms with Gasteiger partial charge in [-0.05, 0) is 30.5 Å². The molecule has 7 heteroatoms. The zero-order valence-corrected chi connectivity index (χ0v) is 15.1. The van der Waals surface area contributed by atoms with E-state index in [0.29, 0.717) is 18.6 Å². The highest BCUT2D eigenvalue weighted by Crippen LogP contribution is 2.16. The van der Waals surface area contributed by atoms with Crippen molar-refractivity contribution >= 4 is 29.1 Å². The molecule has 134 valence electrons. The minimum absolute atomic E-state index is 0.0490. The van der Waals surface area contributed by atoms with Gasteiger partial charge in [0, 0.05) is 50.6 Å². The second-order valence-corrected chi connectivity index (χ2v) is 7.05. The van der Waals surface area contributed by atoms with Gasteiger partial charge in [-0.2, -0.15) is 5.10 Å². The molecule has 1 fully saturated rings. The van der Waals surface area contributed by atoms with Gasteiger partial charge in [-0.1, -0.05) is 23.7 Å². The molecule has 0 bridgehead atoms. The van der Waals surface area contributed by atoms with E-state index in [0.717, 1.165) is 37.5 Å². The minimum Gasteiger partial charge on any atom is -0.348 e. The maximum Gasteiger partial charge on any atom is 0.267 e. The Morgan fingerprint density at radius 2 is 1.92 bits per heavy atom. The molecule has 6 nitrogen and oxygen atoms in total. The van der Waals surface area contributed by atoms with Gasteiger partial charge >= 0.3 is 0 Å². The predicted octanol–water partition coefficient (Wildman–Crippen LogP) is 2.03. The summed E-state index contributed by atoms with van der Waals surface area (Å²) < 4.78 is 0. The Kier molecular flexibility index (Phi) is 5.71. The molecule has 2 heterocycles. The van der Waals surface area contributed by atoms with Crippen molar-refractivity contribution in [3.63, 3.8) is 0 Å². The number of hydrogen-bond donors (Lipinski definition) is 1. The van der Waals surface area contributed by atoms with Crippen molar-refractivity contribution < 1.29 is 9.59 Å². The number of halogens is 1. The first kappa shape index (κ1) is 17.9. The zero-order valence-electron chi connectivity index (χ0n) is 14.4. The predicted molar refractivity (Wildman–Crippen MR) is 97.3 cm³/mol. The third-order valence-electron chi connectivity index (χ3n) is 4.71. The van der Waals surface area contributed by atoms with Crippen molar-refractivity contribution in [3.8, 4) is 0 Å². The molecule has 0 aromatic heterocycles. The molecule has 1 saturated heterocycles. The molecule has 0 spiro atoms. The summed E-state index contributed by atoms with van der Waals surface area (Å²) in [4.78, 5) is 26.1. The normalized spacial score (nSPS) is 19.7. The molecule has 0 atom stereocenters. The van der Waals surface area contributed by atoms with Crippen LogP contribution in [0.25, 0.3) is 0 Å². The van der Waals surface area contributed by atoms with Crippen LogP contribution in [0.2, 0.25) is 5.02 Å². The second-order valence-electron chi connectivity index (χ2n) is 6.61. The van der Waals surface area contributed by atoms with Crippen LogP contribution in [0.15, 0.2) is 29.4 Å². The maximum atomic E-state index is 12.3. The molecule has 25 heavy (non-hydrogen) atoms. The number of rotatable bonds is 4. The summed E-state index contributed by atoms with van der Waals surface area (Å²) in [5.74, 6) is -0.192. The lowest BCUT2D eigenvalue weighted by Gasteiger charge is -2.32. The molecule has 1 aromatic carbocycles. The molecule has 3 rings (SSSR count). The molecule has 0 radical (unpaired) electrons. The number of piperidine rings is 1. The molecular weight excluding hydrogens is 340 g/mol. The van der Waals surface area contributed by atoms with Crippen LogP contribution in [0.4, 0.5) is 0 Å². The third kappa shape index (κ3) is 4.80. The summed E-state index contributed by atoms with van der Waals surface area (Å²) in [5, 5.41) is 9.15. The minimum atomic E-state index is -0.143.